The molecule has 1 rings (SSSR count). The average molecular weight is 297 g/mol. The highest BCUT2D eigenvalue weighted by atomic mass is 32.2. The van der Waals surface area contributed by atoms with Crippen LogP contribution in [-0.4, -0.2) is 14.6 Å². The van der Waals surface area contributed by atoms with Crippen LogP contribution in [0.3, 0.4) is 0 Å². The van der Waals surface area contributed by atoms with Crippen LogP contribution in [0.5, 0.6) is 0 Å². The molecule has 1 aromatic rings. The van der Waals surface area contributed by atoms with Gasteiger partial charge in [-0.2, -0.15) is 8.42 Å². The monoisotopic (exact) mass is 297 g/mol. The van der Waals surface area contributed by atoms with Crippen molar-refractivity contribution in [3.63, 3.8) is 0 Å². The molecule has 0 aliphatic heterocycles. The summed E-state index contributed by atoms with van der Waals surface area (Å²) < 4.78 is 28.0. The third-order valence-electron chi connectivity index (χ3n) is 2.93. The van der Waals surface area contributed by atoms with Gasteiger partial charge in [0.1, 0.15) is 4.90 Å². The van der Waals surface area contributed by atoms with Gasteiger partial charge in [-0.3, -0.25) is 4.28 Å². The van der Waals surface area contributed by atoms with E-state index in [9.17, 15) is 8.42 Å². The van der Waals surface area contributed by atoms with E-state index in [0.29, 0.717) is 0 Å². The van der Waals surface area contributed by atoms with E-state index in [2.05, 4.69) is 16.4 Å². The molecule has 0 radical (unpaired) electrons. The Morgan fingerprint density at radius 2 is 1.70 bits per heavy atom. The molecule has 20 heavy (non-hydrogen) atoms. The lowest BCUT2D eigenvalue weighted by atomic mass is 10.1. The molecule has 0 saturated heterocycles. The molecule has 0 amide bonds. The Kier molecular flexibility index (Phi) is 7.95. The van der Waals surface area contributed by atoms with Gasteiger partial charge in [0, 0.05) is 6.21 Å². The summed E-state index contributed by atoms with van der Waals surface area (Å²) in [6, 6.07) is 8.02. The van der Waals surface area contributed by atoms with Crippen molar-refractivity contribution in [2.45, 2.75) is 56.8 Å². The van der Waals surface area contributed by atoms with E-state index in [1.54, 1.807) is 18.2 Å². The van der Waals surface area contributed by atoms with E-state index >= 15 is 0 Å². The largest absolute Gasteiger partial charge is 0.358 e. The molecule has 0 unspecified atom stereocenters. The maximum absolute atomic E-state index is 11.7. The molecule has 0 saturated carbocycles. The van der Waals surface area contributed by atoms with Crippen LogP contribution in [0.2, 0.25) is 0 Å². The van der Waals surface area contributed by atoms with Crippen molar-refractivity contribution in [2.24, 2.45) is 5.16 Å². The van der Waals surface area contributed by atoms with Crippen molar-refractivity contribution in [1.82, 2.24) is 0 Å². The van der Waals surface area contributed by atoms with Crippen LogP contribution < -0.4 is 0 Å². The Labute approximate surface area is 122 Å². The lowest BCUT2D eigenvalue weighted by molar-refractivity contribution is 0.339. The molecule has 4 nitrogen and oxygen atoms in total. The molecule has 0 bridgehead atoms. The molecule has 0 spiro atoms. The van der Waals surface area contributed by atoms with E-state index in [4.69, 9.17) is 0 Å². The third kappa shape index (κ3) is 6.70. The molecule has 5 heteroatoms. The number of unbranched alkanes of at least 4 members (excludes halogenated alkanes) is 6. The van der Waals surface area contributed by atoms with Crippen molar-refractivity contribution >= 4 is 16.3 Å². The molecular formula is C15H23NO3S. The van der Waals surface area contributed by atoms with E-state index in [0.717, 1.165) is 19.3 Å². The van der Waals surface area contributed by atoms with Gasteiger partial charge in [0.25, 0.3) is 0 Å². The quantitative estimate of drug-likeness (QED) is 0.371. The summed E-state index contributed by atoms with van der Waals surface area (Å²) in [4.78, 5) is 0.122. The van der Waals surface area contributed by atoms with Gasteiger partial charge in [-0.25, -0.2) is 0 Å². The van der Waals surface area contributed by atoms with Crippen molar-refractivity contribution in [1.29, 1.82) is 0 Å². The number of benzene rings is 1. The first-order valence-corrected chi connectivity index (χ1v) is 8.58. The van der Waals surface area contributed by atoms with Gasteiger partial charge < -0.3 is 0 Å². The van der Waals surface area contributed by atoms with Crippen molar-refractivity contribution in [2.75, 3.05) is 0 Å². The first-order valence-electron chi connectivity index (χ1n) is 7.17. The summed E-state index contributed by atoms with van der Waals surface area (Å²) in [5.74, 6) is 0. The van der Waals surface area contributed by atoms with Crippen LogP contribution in [0.25, 0.3) is 0 Å². The topological polar surface area (TPSA) is 55.7 Å². The number of oxime groups is 1. The number of nitrogens with zero attached hydrogens (tertiary/aromatic N) is 1. The maximum atomic E-state index is 11.7. The fraction of sp³-hybridized carbons (Fsp3) is 0.533. The Hall–Kier alpha value is -1.36. The van der Waals surface area contributed by atoms with Gasteiger partial charge in [0.2, 0.25) is 0 Å². The molecule has 0 aliphatic carbocycles. The normalized spacial score (nSPS) is 11.8. The predicted molar refractivity (Wildman–Crippen MR) is 81.2 cm³/mol. The second-order valence-corrected chi connectivity index (χ2v) is 6.21. The summed E-state index contributed by atoms with van der Waals surface area (Å²) in [5, 5.41) is 3.54. The second-order valence-electron chi connectivity index (χ2n) is 4.69. The Morgan fingerprint density at radius 1 is 1.05 bits per heavy atom. The number of hydrogen-bond donors (Lipinski definition) is 0. The average Bonchev–Trinajstić information content (AvgIpc) is 2.46. The van der Waals surface area contributed by atoms with Crippen molar-refractivity contribution < 1.29 is 12.7 Å². The van der Waals surface area contributed by atoms with Crippen molar-refractivity contribution in [3.8, 4) is 0 Å². The molecule has 1 aromatic carbocycles. The minimum atomic E-state index is -3.76. The zero-order chi connectivity index (χ0) is 14.7. The van der Waals surface area contributed by atoms with Gasteiger partial charge in [0.05, 0.1) is 0 Å². The van der Waals surface area contributed by atoms with Crippen molar-refractivity contribution in [3.05, 3.63) is 30.3 Å². The van der Waals surface area contributed by atoms with Crippen LogP contribution >= 0.6 is 0 Å². The van der Waals surface area contributed by atoms with Gasteiger partial charge in [0.15, 0.2) is 0 Å². The maximum Gasteiger partial charge on any atom is 0.358 e. The molecule has 0 N–H and O–H groups in total. The molecule has 0 aliphatic rings. The van der Waals surface area contributed by atoms with Crippen LogP contribution in [0.4, 0.5) is 0 Å². The summed E-state index contributed by atoms with van der Waals surface area (Å²) in [7, 11) is -3.76. The molecule has 0 heterocycles. The predicted octanol–water partition coefficient (Wildman–Crippen LogP) is 4.13. The van der Waals surface area contributed by atoms with E-state index in [1.165, 1.54) is 44.0 Å². The SMILES string of the molecule is CCCCCCCC/C=N/OS(=O)(=O)c1ccccc1. The molecule has 112 valence electrons. The van der Waals surface area contributed by atoms with E-state index in [1.807, 2.05) is 0 Å². The van der Waals surface area contributed by atoms with Crippen LogP contribution in [0.15, 0.2) is 40.4 Å². The highest BCUT2D eigenvalue weighted by Crippen LogP contribution is 2.11. The number of rotatable bonds is 10. The molecule has 0 aromatic heterocycles. The van der Waals surface area contributed by atoms with E-state index in [-0.39, 0.29) is 4.90 Å². The highest BCUT2D eigenvalue weighted by molar-refractivity contribution is 7.86. The fourth-order valence-corrected chi connectivity index (χ4v) is 2.54. The highest BCUT2D eigenvalue weighted by Gasteiger charge is 2.13. The summed E-state index contributed by atoms with van der Waals surface area (Å²) in [6.45, 7) is 2.19. The minimum absolute atomic E-state index is 0.122. The van der Waals surface area contributed by atoms with Gasteiger partial charge >= 0.3 is 10.1 Å². The van der Waals surface area contributed by atoms with Crippen LogP contribution in [0.1, 0.15) is 51.9 Å². The molecule has 0 fully saturated rings. The zero-order valence-corrected chi connectivity index (χ0v) is 12.8. The third-order valence-corrected chi connectivity index (χ3v) is 4.07. The smallest absolute Gasteiger partial charge is 0.265 e. The van der Waals surface area contributed by atoms with Crippen LogP contribution in [-0.2, 0) is 14.4 Å². The second kappa shape index (κ2) is 9.53. The lowest BCUT2D eigenvalue weighted by Gasteiger charge is -2.00. The summed E-state index contributed by atoms with van der Waals surface area (Å²) >= 11 is 0. The first kappa shape index (κ1) is 16.7. The molecular weight excluding hydrogens is 274 g/mol. The zero-order valence-electron chi connectivity index (χ0n) is 12.0. The minimum Gasteiger partial charge on any atom is -0.265 e. The fourth-order valence-electron chi connectivity index (χ4n) is 1.79. The van der Waals surface area contributed by atoms with E-state index < -0.39 is 10.1 Å². The first-order chi connectivity index (χ1) is 9.67. The summed E-state index contributed by atoms with van der Waals surface area (Å²) in [6.07, 6.45) is 9.46. The standard InChI is InChI=1S/C15H23NO3S/c1-2-3-4-5-6-7-11-14-16-19-20(17,18)15-12-9-8-10-13-15/h8-10,12-14H,2-7,11H2,1H3/b16-14+. The van der Waals surface area contributed by atoms with Gasteiger partial charge in [-0.1, -0.05) is 62.4 Å². The van der Waals surface area contributed by atoms with Gasteiger partial charge in [-0.05, 0) is 25.0 Å². The Balaban J connectivity index is 2.21. The van der Waals surface area contributed by atoms with Crippen LogP contribution in [0, 0.1) is 0 Å². The van der Waals surface area contributed by atoms with Gasteiger partial charge in [-0.15, -0.1) is 0 Å². The number of hydrogen-bond acceptors (Lipinski definition) is 4. The Morgan fingerprint density at radius 3 is 2.40 bits per heavy atom. The Bertz CT molecular complexity index is 483. The molecule has 0 atom stereocenters. The summed E-state index contributed by atoms with van der Waals surface area (Å²) in [5.41, 5.74) is 0. The lowest BCUT2D eigenvalue weighted by Crippen LogP contribution is -2.02.